The van der Waals surface area contributed by atoms with E-state index in [1.807, 2.05) is 0 Å². The third-order valence-corrected chi connectivity index (χ3v) is 1.30. The van der Waals surface area contributed by atoms with Gasteiger partial charge >= 0.3 is 11.9 Å². The van der Waals surface area contributed by atoms with Crippen molar-refractivity contribution in [3.8, 4) is 6.07 Å². The summed E-state index contributed by atoms with van der Waals surface area (Å²) in [5.74, 6) is -3.20. The summed E-state index contributed by atoms with van der Waals surface area (Å²) in [5, 5.41) is 17.7. The van der Waals surface area contributed by atoms with E-state index in [1.165, 1.54) is 19.9 Å². The Morgan fingerprint density at radius 1 is 1.20 bits per heavy atom. The fourth-order valence-electron chi connectivity index (χ4n) is 0.700. The maximum atomic E-state index is 11.1. The SMILES string of the molecule is CCOC(=O)/C(O)=C(\C#N)C(=O)OCC. The van der Waals surface area contributed by atoms with E-state index >= 15 is 0 Å². The molecule has 0 aliphatic rings. The number of nitriles is 1. The molecule has 0 aliphatic carbocycles. The predicted octanol–water partition coefficient (Wildman–Crippen LogP) is 0.448. The maximum absolute atomic E-state index is 11.1. The number of aliphatic hydroxyl groups is 1. The average Bonchev–Trinajstić information content (AvgIpc) is 2.19. The lowest BCUT2D eigenvalue weighted by Gasteiger charge is -2.03. The summed E-state index contributed by atoms with van der Waals surface area (Å²) < 4.78 is 8.87. The second kappa shape index (κ2) is 6.43. The number of esters is 2. The summed E-state index contributed by atoms with van der Waals surface area (Å²) in [5.41, 5.74) is -0.754. The molecule has 15 heavy (non-hydrogen) atoms. The van der Waals surface area contributed by atoms with E-state index in [0.29, 0.717) is 0 Å². The molecule has 0 heterocycles. The first-order valence-electron chi connectivity index (χ1n) is 4.26. The summed E-state index contributed by atoms with van der Waals surface area (Å²) in [6, 6.07) is 1.38. The zero-order valence-corrected chi connectivity index (χ0v) is 8.44. The van der Waals surface area contributed by atoms with Crippen molar-refractivity contribution in [2.45, 2.75) is 13.8 Å². The maximum Gasteiger partial charge on any atom is 0.375 e. The molecule has 0 rings (SSSR count). The van der Waals surface area contributed by atoms with Gasteiger partial charge in [0, 0.05) is 0 Å². The van der Waals surface area contributed by atoms with Gasteiger partial charge < -0.3 is 14.6 Å². The van der Waals surface area contributed by atoms with Crippen LogP contribution in [0.3, 0.4) is 0 Å². The minimum Gasteiger partial charge on any atom is -0.501 e. The highest BCUT2D eigenvalue weighted by atomic mass is 16.5. The normalized spacial score (nSPS) is 11.0. The summed E-state index contributed by atoms with van der Waals surface area (Å²) in [7, 11) is 0. The van der Waals surface area contributed by atoms with Crippen molar-refractivity contribution in [3.63, 3.8) is 0 Å². The van der Waals surface area contributed by atoms with Gasteiger partial charge in [0.15, 0.2) is 5.57 Å². The lowest BCUT2D eigenvalue weighted by atomic mass is 10.2. The topological polar surface area (TPSA) is 96.6 Å². The lowest BCUT2D eigenvalue weighted by molar-refractivity contribution is -0.144. The number of hydrogen-bond donors (Lipinski definition) is 1. The fraction of sp³-hybridized carbons (Fsp3) is 0.444. The van der Waals surface area contributed by atoms with Crippen LogP contribution in [0.25, 0.3) is 0 Å². The van der Waals surface area contributed by atoms with E-state index in [9.17, 15) is 14.7 Å². The second-order valence-corrected chi connectivity index (χ2v) is 2.28. The molecule has 0 radical (unpaired) electrons. The molecule has 0 aromatic heterocycles. The van der Waals surface area contributed by atoms with Gasteiger partial charge in [-0.3, -0.25) is 0 Å². The van der Waals surface area contributed by atoms with Crippen molar-refractivity contribution in [3.05, 3.63) is 11.3 Å². The summed E-state index contributed by atoms with van der Waals surface area (Å²) in [6.45, 7) is 3.14. The highest BCUT2D eigenvalue weighted by Crippen LogP contribution is 2.05. The zero-order valence-electron chi connectivity index (χ0n) is 8.44. The molecular formula is C9H11NO5. The van der Waals surface area contributed by atoms with E-state index in [2.05, 4.69) is 9.47 Å². The van der Waals surface area contributed by atoms with Gasteiger partial charge in [0.25, 0.3) is 0 Å². The van der Waals surface area contributed by atoms with Gasteiger partial charge in [-0.05, 0) is 13.8 Å². The van der Waals surface area contributed by atoms with E-state index in [-0.39, 0.29) is 13.2 Å². The van der Waals surface area contributed by atoms with E-state index in [0.717, 1.165) is 0 Å². The Balaban J connectivity index is 4.91. The molecule has 82 valence electrons. The molecule has 1 N–H and O–H groups in total. The third kappa shape index (κ3) is 3.68. The third-order valence-electron chi connectivity index (χ3n) is 1.30. The molecule has 0 amide bonds. The Labute approximate surface area is 86.7 Å². The van der Waals surface area contributed by atoms with Crippen LogP contribution in [0.15, 0.2) is 11.3 Å². The molecule has 0 bridgehead atoms. The molecule has 0 saturated carbocycles. The van der Waals surface area contributed by atoms with Crippen molar-refractivity contribution in [2.75, 3.05) is 13.2 Å². The first kappa shape index (κ1) is 13.0. The minimum atomic E-state index is -1.12. The number of nitrogens with zero attached hydrogens (tertiary/aromatic N) is 1. The first-order chi connectivity index (χ1) is 7.08. The van der Waals surface area contributed by atoms with Crippen LogP contribution in [0, 0.1) is 11.3 Å². The number of carbonyl (C=O) groups is 2. The van der Waals surface area contributed by atoms with Crippen molar-refractivity contribution in [1.29, 1.82) is 5.26 Å². The molecule has 0 aromatic carbocycles. The fourth-order valence-corrected chi connectivity index (χ4v) is 0.700. The predicted molar refractivity (Wildman–Crippen MR) is 48.5 cm³/mol. The largest absolute Gasteiger partial charge is 0.501 e. The van der Waals surface area contributed by atoms with Crippen LogP contribution in [-0.2, 0) is 19.1 Å². The smallest absolute Gasteiger partial charge is 0.375 e. The highest BCUT2D eigenvalue weighted by Gasteiger charge is 2.22. The number of rotatable bonds is 4. The van der Waals surface area contributed by atoms with Gasteiger partial charge in [-0.1, -0.05) is 0 Å². The minimum absolute atomic E-state index is 0.0322. The Morgan fingerprint density at radius 2 is 1.67 bits per heavy atom. The van der Waals surface area contributed by atoms with Gasteiger partial charge in [0.1, 0.15) is 6.07 Å². The molecule has 6 nitrogen and oxygen atoms in total. The quantitative estimate of drug-likeness (QED) is 0.315. The van der Waals surface area contributed by atoms with Gasteiger partial charge in [0.05, 0.1) is 13.2 Å². The molecular weight excluding hydrogens is 202 g/mol. The van der Waals surface area contributed by atoms with Crippen molar-refractivity contribution in [1.82, 2.24) is 0 Å². The van der Waals surface area contributed by atoms with Crippen LogP contribution in [-0.4, -0.2) is 30.3 Å². The van der Waals surface area contributed by atoms with E-state index < -0.39 is 23.3 Å². The second-order valence-electron chi connectivity index (χ2n) is 2.28. The van der Waals surface area contributed by atoms with Gasteiger partial charge in [-0.15, -0.1) is 0 Å². The van der Waals surface area contributed by atoms with E-state index in [1.54, 1.807) is 0 Å². The zero-order chi connectivity index (χ0) is 11.8. The number of ether oxygens (including phenoxy) is 2. The lowest BCUT2D eigenvalue weighted by Crippen LogP contribution is -2.15. The number of aliphatic hydroxyl groups excluding tert-OH is 1. The Hall–Kier alpha value is -2.03. The molecule has 0 aromatic rings. The van der Waals surface area contributed by atoms with Crippen molar-refractivity contribution >= 4 is 11.9 Å². The van der Waals surface area contributed by atoms with Crippen LogP contribution in [0.2, 0.25) is 0 Å². The van der Waals surface area contributed by atoms with Crippen LogP contribution in [0.1, 0.15) is 13.8 Å². The van der Waals surface area contributed by atoms with Gasteiger partial charge in [0.2, 0.25) is 5.76 Å². The standard InChI is InChI=1S/C9H11NO5/c1-3-14-8(12)6(5-10)7(11)9(13)15-4-2/h11H,3-4H2,1-2H3/b7-6-. The molecule has 0 unspecified atom stereocenters. The summed E-state index contributed by atoms with van der Waals surface area (Å²) in [4.78, 5) is 22.0. The molecule has 0 atom stereocenters. The number of carbonyl (C=O) groups excluding carboxylic acids is 2. The van der Waals surface area contributed by atoms with Crippen molar-refractivity contribution < 1.29 is 24.2 Å². The van der Waals surface area contributed by atoms with E-state index in [4.69, 9.17) is 5.26 Å². The van der Waals surface area contributed by atoms with Crippen molar-refractivity contribution in [2.24, 2.45) is 0 Å². The highest BCUT2D eigenvalue weighted by molar-refractivity contribution is 6.01. The first-order valence-corrected chi connectivity index (χ1v) is 4.26. The summed E-state index contributed by atoms with van der Waals surface area (Å²) >= 11 is 0. The molecule has 0 aliphatic heterocycles. The van der Waals surface area contributed by atoms with Crippen LogP contribution < -0.4 is 0 Å². The summed E-state index contributed by atoms with van der Waals surface area (Å²) in [6.07, 6.45) is 0. The van der Waals surface area contributed by atoms with Gasteiger partial charge in [-0.25, -0.2) is 9.59 Å². The molecule has 0 saturated heterocycles. The van der Waals surface area contributed by atoms with Crippen LogP contribution in [0.4, 0.5) is 0 Å². The molecule has 0 fully saturated rings. The molecule has 0 spiro atoms. The van der Waals surface area contributed by atoms with Gasteiger partial charge in [-0.2, -0.15) is 5.26 Å². The Kier molecular flexibility index (Phi) is 5.56. The molecule has 6 heteroatoms. The number of hydrogen-bond acceptors (Lipinski definition) is 6. The Bertz CT molecular complexity index is 326. The monoisotopic (exact) mass is 213 g/mol. The van der Waals surface area contributed by atoms with Crippen LogP contribution in [0.5, 0.6) is 0 Å². The Morgan fingerprint density at radius 3 is 2.07 bits per heavy atom. The van der Waals surface area contributed by atoms with Crippen LogP contribution >= 0.6 is 0 Å². The average molecular weight is 213 g/mol.